The Morgan fingerprint density at radius 1 is 1.16 bits per heavy atom. The molecular formula is C17H20O2. The zero-order valence-electron chi connectivity index (χ0n) is 11.4. The molecule has 0 bridgehead atoms. The standard InChI is InChI=1S/C17H20O2/c1-12(2)17-15(18)10-14(11-16(17)19)9-8-13-6-4-3-5-7-13/h3-10,12,16,18-19H,11H2,1-2H3/b9-8+. The molecule has 2 nitrogen and oxygen atoms in total. The van der Waals surface area contributed by atoms with E-state index in [0.29, 0.717) is 6.42 Å². The van der Waals surface area contributed by atoms with Crippen LogP contribution in [0.3, 0.4) is 0 Å². The maximum atomic E-state index is 10.1. The molecule has 1 aliphatic carbocycles. The van der Waals surface area contributed by atoms with E-state index in [1.165, 1.54) is 0 Å². The van der Waals surface area contributed by atoms with Crippen LogP contribution in [0.15, 0.2) is 59.4 Å². The first-order valence-electron chi connectivity index (χ1n) is 6.62. The fraction of sp³-hybridized carbons (Fsp3) is 0.294. The molecule has 1 aliphatic rings. The SMILES string of the molecule is CC(C)C1=C(O)C=C(/C=C/c2ccccc2)CC1O. The molecule has 2 N–H and O–H groups in total. The van der Waals surface area contributed by atoms with Crippen molar-refractivity contribution in [1.29, 1.82) is 0 Å². The van der Waals surface area contributed by atoms with Gasteiger partial charge in [-0.2, -0.15) is 0 Å². The minimum atomic E-state index is -0.583. The van der Waals surface area contributed by atoms with Crippen molar-refractivity contribution in [3.63, 3.8) is 0 Å². The van der Waals surface area contributed by atoms with Crippen molar-refractivity contribution < 1.29 is 10.2 Å². The van der Waals surface area contributed by atoms with Crippen molar-refractivity contribution in [1.82, 2.24) is 0 Å². The van der Waals surface area contributed by atoms with Crippen molar-refractivity contribution in [2.24, 2.45) is 5.92 Å². The summed E-state index contributed by atoms with van der Waals surface area (Å²) >= 11 is 0. The Morgan fingerprint density at radius 2 is 1.84 bits per heavy atom. The molecule has 0 saturated carbocycles. The third-order valence-corrected chi connectivity index (χ3v) is 3.32. The number of hydrogen-bond acceptors (Lipinski definition) is 2. The number of allylic oxidation sites excluding steroid dienone is 2. The van der Waals surface area contributed by atoms with E-state index >= 15 is 0 Å². The van der Waals surface area contributed by atoms with Crippen molar-refractivity contribution >= 4 is 6.08 Å². The molecule has 0 aromatic heterocycles. The highest BCUT2D eigenvalue weighted by Gasteiger charge is 2.23. The minimum absolute atomic E-state index is 0.158. The molecule has 1 atom stereocenters. The summed E-state index contributed by atoms with van der Waals surface area (Å²) in [5.41, 5.74) is 2.78. The fourth-order valence-electron chi connectivity index (χ4n) is 2.39. The van der Waals surface area contributed by atoms with Crippen LogP contribution >= 0.6 is 0 Å². The predicted molar refractivity (Wildman–Crippen MR) is 78.7 cm³/mol. The van der Waals surface area contributed by atoms with Crippen molar-refractivity contribution in [3.8, 4) is 0 Å². The zero-order chi connectivity index (χ0) is 13.8. The second-order valence-corrected chi connectivity index (χ2v) is 5.18. The second-order valence-electron chi connectivity index (χ2n) is 5.18. The number of hydrogen-bond donors (Lipinski definition) is 2. The summed E-state index contributed by atoms with van der Waals surface area (Å²) in [6.07, 6.45) is 5.67. The van der Waals surface area contributed by atoms with Gasteiger partial charge in [-0.05, 0) is 23.1 Å². The quantitative estimate of drug-likeness (QED) is 0.862. The lowest BCUT2D eigenvalue weighted by molar-refractivity contribution is 0.189. The maximum absolute atomic E-state index is 10.1. The van der Waals surface area contributed by atoms with Crippen LogP contribution in [0.5, 0.6) is 0 Å². The van der Waals surface area contributed by atoms with Crippen LogP contribution in [0.4, 0.5) is 0 Å². The largest absolute Gasteiger partial charge is 0.508 e. The Hall–Kier alpha value is -1.80. The molecule has 0 amide bonds. The monoisotopic (exact) mass is 256 g/mol. The van der Waals surface area contributed by atoms with Gasteiger partial charge in [0, 0.05) is 12.0 Å². The third-order valence-electron chi connectivity index (χ3n) is 3.32. The molecule has 2 heteroatoms. The summed E-state index contributed by atoms with van der Waals surface area (Å²) in [5.74, 6) is 0.368. The van der Waals surface area contributed by atoms with E-state index in [2.05, 4.69) is 0 Å². The molecule has 1 aromatic carbocycles. The number of rotatable bonds is 3. The van der Waals surface area contributed by atoms with Gasteiger partial charge in [0.2, 0.25) is 0 Å². The summed E-state index contributed by atoms with van der Waals surface area (Å²) in [5, 5.41) is 20.1. The van der Waals surface area contributed by atoms with Gasteiger partial charge in [-0.3, -0.25) is 0 Å². The highest BCUT2D eigenvalue weighted by Crippen LogP contribution is 2.29. The highest BCUT2D eigenvalue weighted by atomic mass is 16.3. The maximum Gasteiger partial charge on any atom is 0.117 e. The van der Waals surface area contributed by atoms with Crippen molar-refractivity contribution in [2.75, 3.05) is 0 Å². The lowest BCUT2D eigenvalue weighted by atomic mass is 9.87. The second kappa shape index (κ2) is 5.89. The van der Waals surface area contributed by atoms with Gasteiger partial charge in [0.15, 0.2) is 0 Å². The van der Waals surface area contributed by atoms with Crippen molar-refractivity contribution in [2.45, 2.75) is 26.4 Å². The molecule has 1 aromatic rings. The van der Waals surface area contributed by atoms with Gasteiger partial charge < -0.3 is 10.2 Å². The fourth-order valence-corrected chi connectivity index (χ4v) is 2.39. The summed E-state index contributed by atoms with van der Waals surface area (Å²) in [4.78, 5) is 0. The van der Waals surface area contributed by atoms with Gasteiger partial charge in [-0.25, -0.2) is 0 Å². The van der Waals surface area contributed by atoms with Crippen LogP contribution in [0.25, 0.3) is 6.08 Å². The Bertz CT molecular complexity index is 521. The van der Waals surface area contributed by atoms with E-state index in [0.717, 1.165) is 16.7 Å². The Morgan fingerprint density at radius 3 is 2.42 bits per heavy atom. The Kier molecular flexibility index (Phi) is 4.23. The summed E-state index contributed by atoms with van der Waals surface area (Å²) < 4.78 is 0. The van der Waals surface area contributed by atoms with E-state index in [-0.39, 0.29) is 11.7 Å². The molecule has 19 heavy (non-hydrogen) atoms. The van der Waals surface area contributed by atoms with Gasteiger partial charge in [0.1, 0.15) is 5.76 Å². The van der Waals surface area contributed by atoms with Crippen LogP contribution in [-0.2, 0) is 0 Å². The van der Waals surface area contributed by atoms with E-state index < -0.39 is 6.10 Å². The van der Waals surface area contributed by atoms with Gasteiger partial charge >= 0.3 is 0 Å². The first kappa shape index (κ1) is 13.6. The summed E-state index contributed by atoms with van der Waals surface area (Å²) in [7, 11) is 0. The zero-order valence-corrected chi connectivity index (χ0v) is 11.4. The summed E-state index contributed by atoms with van der Waals surface area (Å²) in [6.45, 7) is 3.96. The van der Waals surface area contributed by atoms with E-state index in [1.807, 2.05) is 56.3 Å². The van der Waals surface area contributed by atoms with Gasteiger partial charge in [-0.1, -0.05) is 56.3 Å². The van der Waals surface area contributed by atoms with Crippen LogP contribution in [0.2, 0.25) is 0 Å². The normalized spacial score (nSPS) is 20.2. The number of aliphatic hydroxyl groups excluding tert-OH is 2. The number of aliphatic hydroxyl groups is 2. The predicted octanol–water partition coefficient (Wildman–Crippen LogP) is 3.86. The van der Waals surface area contributed by atoms with Crippen LogP contribution in [0, 0.1) is 5.92 Å². The molecule has 0 fully saturated rings. The molecule has 0 heterocycles. The molecule has 0 aliphatic heterocycles. The molecule has 100 valence electrons. The lowest BCUT2D eigenvalue weighted by Gasteiger charge is -2.23. The van der Waals surface area contributed by atoms with E-state index in [1.54, 1.807) is 6.08 Å². The van der Waals surface area contributed by atoms with E-state index in [9.17, 15) is 10.2 Å². The molecule has 0 radical (unpaired) electrons. The molecule has 0 spiro atoms. The van der Waals surface area contributed by atoms with E-state index in [4.69, 9.17) is 0 Å². The third kappa shape index (κ3) is 3.36. The molecular weight excluding hydrogens is 236 g/mol. The van der Waals surface area contributed by atoms with Crippen LogP contribution in [-0.4, -0.2) is 16.3 Å². The van der Waals surface area contributed by atoms with Crippen LogP contribution < -0.4 is 0 Å². The van der Waals surface area contributed by atoms with Crippen molar-refractivity contribution in [3.05, 3.63) is 65.0 Å². The first-order chi connectivity index (χ1) is 9.08. The average molecular weight is 256 g/mol. The molecule has 2 rings (SSSR count). The highest BCUT2D eigenvalue weighted by molar-refractivity contribution is 5.54. The van der Waals surface area contributed by atoms with Gasteiger partial charge in [0.25, 0.3) is 0 Å². The van der Waals surface area contributed by atoms with Crippen LogP contribution in [0.1, 0.15) is 25.8 Å². The Labute approximate surface area is 114 Å². The number of benzene rings is 1. The van der Waals surface area contributed by atoms with Gasteiger partial charge in [-0.15, -0.1) is 0 Å². The topological polar surface area (TPSA) is 40.5 Å². The molecule has 1 unspecified atom stereocenters. The lowest BCUT2D eigenvalue weighted by Crippen LogP contribution is -2.20. The van der Waals surface area contributed by atoms with Gasteiger partial charge in [0.05, 0.1) is 6.10 Å². The average Bonchev–Trinajstić information content (AvgIpc) is 2.36. The smallest absolute Gasteiger partial charge is 0.117 e. The minimum Gasteiger partial charge on any atom is -0.508 e. The first-order valence-corrected chi connectivity index (χ1v) is 6.62. The molecule has 0 saturated heterocycles. The Balaban J connectivity index is 2.20. The summed E-state index contributed by atoms with van der Waals surface area (Å²) in [6, 6.07) is 9.98.